The molecule has 34 heavy (non-hydrogen) atoms. The number of aryl methyl sites for hydroxylation is 1. The van der Waals surface area contributed by atoms with Crippen molar-refractivity contribution in [1.82, 2.24) is 19.6 Å². The van der Waals surface area contributed by atoms with Gasteiger partial charge in [0.2, 0.25) is 0 Å². The molecule has 1 aliphatic heterocycles. The minimum Gasteiger partial charge on any atom is -0.354 e. The van der Waals surface area contributed by atoms with E-state index in [0.29, 0.717) is 6.04 Å². The smallest absolute Gasteiger partial charge is 0.137 e. The monoisotopic (exact) mass is 479 g/mol. The normalized spacial score (nSPS) is 15.0. The highest BCUT2D eigenvalue weighted by molar-refractivity contribution is 6.30. The summed E-state index contributed by atoms with van der Waals surface area (Å²) >= 11 is 6.14. The molecule has 0 unspecified atom stereocenters. The van der Waals surface area contributed by atoms with E-state index < -0.39 is 0 Å². The van der Waals surface area contributed by atoms with Gasteiger partial charge in [-0.3, -0.25) is 4.90 Å². The number of hydrogen-bond acceptors (Lipinski definition) is 4. The lowest BCUT2D eigenvalue weighted by Crippen LogP contribution is -2.47. The largest absolute Gasteiger partial charge is 0.354 e. The first kappa shape index (κ1) is 24.8. The quantitative estimate of drug-likeness (QED) is 0.397. The van der Waals surface area contributed by atoms with Crippen LogP contribution in [-0.2, 0) is 19.5 Å². The third-order valence-electron chi connectivity index (χ3n) is 6.88. The van der Waals surface area contributed by atoms with Gasteiger partial charge in [-0.25, -0.2) is 4.68 Å². The van der Waals surface area contributed by atoms with Gasteiger partial charge in [-0.05, 0) is 56.6 Å². The second kappa shape index (κ2) is 11.4. The number of hydrogen-bond donors (Lipinski definition) is 0. The molecule has 0 radical (unpaired) electrons. The Bertz CT molecular complexity index is 1040. The Kier molecular flexibility index (Phi) is 8.30. The molecule has 1 aliphatic rings. The van der Waals surface area contributed by atoms with E-state index >= 15 is 0 Å². The van der Waals surface area contributed by atoms with E-state index in [1.807, 2.05) is 12.1 Å². The van der Waals surface area contributed by atoms with E-state index in [-0.39, 0.29) is 0 Å². The third-order valence-corrected chi connectivity index (χ3v) is 7.14. The molecule has 5 nitrogen and oxygen atoms in total. The molecule has 0 aliphatic carbocycles. The molecule has 0 saturated carbocycles. The SMILES string of the molecule is CCc1nn(-c2ccccc2)c(N2CCN(CC)CC2)c1CN(Cc1ccc(Cl)cc1)C(C)C. The molecule has 0 amide bonds. The topological polar surface area (TPSA) is 27.5 Å². The van der Waals surface area contributed by atoms with Gasteiger partial charge in [-0.1, -0.05) is 55.8 Å². The first-order valence-electron chi connectivity index (χ1n) is 12.6. The van der Waals surface area contributed by atoms with Crippen molar-refractivity contribution >= 4 is 17.4 Å². The number of aromatic nitrogens is 2. The Hall–Kier alpha value is -2.34. The maximum atomic E-state index is 6.14. The summed E-state index contributed by atoms with van der Waals surface area (Å²) in [6.07, 6.45) is 0.921. The number of benzene rings is 2. The van der Waals surface area contributed by atoms with Gasteiger partial charge in [0, 0.05) is 55.9 Å². The summed E-state index contributed by atoms with van der Waals surface area (Å²) in [4.78, 5) is 7.63. The molecule has 1 saturated heterocycles. The fourth-order valence-corrected chi connectivity index (χ4v) is 4.86. The first-order valence-corrected chi connectivity index (χ1v) is 13.0. The maximum Gasteiger partial charge on any atom is 0.137 e. The van der Waals surface area contributed by atoms with Crippen LogP contribution < -0.4 is 4.90 Å². The summed E-state index contributed by atoms with van der Waals surface area (Å²) < 4.78 is 2.19. The predicted octanol–water partition coefficient (Wildman–Crippen LogP) is 5.64. The van der Waals surface area contributed by atoms with E-state index in [1.54, 1.807) is 0 Å². The molecule has 1 aromatic heterocycles. The van der Waals surface area contributed by atoms with Gasteiger partial charge in [-0.2, -0.15) is 5.10 Å². The van der Waals surface area contributed by atoms with Crippen LogP contribution in [0.2, 0.25) is 5.02 Å². The number of halogens is 1. The Morgan fingerprint density at radius 3 is 2.18 bits per heavy atom. The highest BCUT2D eigenvalue weighted by atomic mass is 35.5. The summed E-state index contributed by atoms with van der Waals surface area (Å²) in [5, 5.41) is 5.94. The number of likely N-dealkylation sites (N-methyl/N-ethyl adjacent to an activating group) is 1. The number of rotatable bonds is 9. The highest BCUT2D eigenvalue weighted by Gasteiger charge is 2.27. The molecule has 2 aromatic carbocycles. The van der Waals surface area contributed by atoms with Crippen molar-refractivity contribution in [2.75, 3.05) is 37.6 Å². The van der Waals surface area contributed by atoms with E-state index in [9.17, 15) is 0 Å². The zero-order valence-corrected chi connectivity index (χ0v) is 21.8. The second-order valence-electron chi connectivity index (χ2n) is 9.40. The molecule has 0 bridgehead atoms. The van der Waals surface area contributed by atoms with Gasteiger partial charge in [-0.15, -0.1) is 0 Å². The lowest BCUT2D eigenvalue weighted by Gasteiger charge is -2.36. The van der Waals surface area contributed by atoms with Crippen molar-refractivity contribution in [3.63, 3.8) is 0 Å². The summed E-state index contributed by atoms with van der Waals surface area (Å²) in [5.41, 5.74) is 4.97. The molecule has 1 fully saturated rings. The van der Waals surface area contributed by atoms with E-state index in [2.05, 4.69) is 89.5 Å². The average Bonchev–Trinajstić information content (AvgIpc) is 3.23. The number of anilines is 1. The molecule has 0 spiro atoms. The molecular formula is C28H38ClN5. The molecule has 0 atom stereocenters. The lowest BCUT2D eigenvalue weighted by molar-refractivity contribution is 0.203. The van der Waals surface area contributed by atoms with Crippen LogP contribution in [-0.4, -0.2) is 58.3 Å². The summed E-state index contributed by atoms with van der Waals surface area (Å²) in [6, 6.07) is 19.2. The number of nitrogens with zero attached hydrogens (tertiary/aromatic N) is 5. The lowest BCUT2D eigenvalue weighted by atomic mass is 10.1. The van der Waals surface area contributed by atoms with E-state index in [4.69, 9.17) is 16.7 Å². The van der Waals surface area contributed by atoms with Gasteiger partial charge in [0.25, 0.3) is 0 Å². The molecule has 4 rings (SSSR count). The van der Waals surface area contributed by atoms with Gasteiger partial charge >= 0.3 is 0 Å². The molecule has 182 valence electrons. The zero-order chi connectivity index (χ0) is 24.1. The molecule has 0 N–H and O–H groups in total. The first-order chi connectivity index (χ1) is 16.5. The van der Waals surface area contributed by atoms with Crippen molar-refractivity contribution < 1.29 is 0 Å². The van der Waals surface area contributed by atoms with Gasteiger partial charge < -0.3 is 9.80 Å². The van der Waals surface area contributed by atoms with Crippen molar-refractivity contribution in [3.8, 4) is 5.69 Å². The Morgan fingerprint density at radius 2 is 1.59 bits per heavy atom. The van der Waals surface area contributed by atoms with Crippen LogP contribution in [0.25, 0.3) is 5.69 Å². The Labute approximate surface area is 209 Å². The van der Waals surface area contributed by atoms with E-state index in [0.717, 1.165) is 62.9 Å². The van der Waals surface area contributed by atoms with Crippen LogP contribution in [0.1, 0.15) is 44.5 Å². The number of para-hydroxylation sites is 1. The van der Waals surface area contributed by atoms with Crippen LogP contribution in [0.15, 0.2) is 54.6 Å². The highest BCUT2D eigenvalue weighted by Crippen LogP contribution is 2.31. The van der Waals surface area contributed by atoms with Crippen molar-refractivity contribution in [3.05, 3.63) is 76.4 Å². The summed E-state index contributed by atoms with van der Waals surface area (Å²) in [5.74, 6) is 1.26. The van der Waals surface area contributed by atoms with Crippen LogP contribution in [0.5, 0.6) is 0 Å². The average molecular weight is 480 g/mol. The molecular weight excluding hydrogens is 442 g/mol. The van der Waals surface area contributed by atoms with Crippen LogP contribution in [0.4, 0.5) is 5.82 Å². The molecule has 2 heterocycles. The van der Waals surface area contributed by atoms with Gasteiger partial charge in [0.1, 0.15) is 5.82 Å². The van der Waals surface area contributed by atoms with E-state index in [1.165, 1.54) is 22.6 Å². The standard InChI is InChI=1S/C28H38ClN5/c1-5-27-26(21-33(22(3)4)20-23-12-14-24(29)15-13-23)28(32-18-16-31(6-2)17-19-32)34(30-27)25-10-8-7-9-11-25/h7-15,22H,5-6,16-21H2,1-4H3. The Balaban J connectivity index is 1.72. The van der Waals surface area contributed by atoms with Gasteiger partial charge in [0.05, 0.1) is 11.4 Å². The maximum absolute atomic E-state index is 6.14. The van der Waals surface area contributed by atoms with Crippen molar-refractivity contribution in [2.24, 2.45) is 0 Å². The van der Waals surface area contributed by atoms with Crippen molar-refractivity contribution in [2.45, 2.75) is 53.2 Å². The minimum atomic E-state index is 0.408. The zero-order valence-electron chi connectivity index (χ0n) is 21.0. The van der Waals surface area contributed by atoms with Crippen LogP contribution in [0, 0.1) is 0 Å². The van der Waals surface area contributed by atoms with Crippen LogP contribution >= 0.6 is 11.6 Å². The third kappa shape index (κ3) is 5.65. The fraction of sp³-hybridized carbons (Fsp3) is 0.464. The predicted molar refractivity (Wildman–Crippen MR) is 143 cm³/mol. The summed E-state index contributed by atoms with van der Waals surface area (Å²) in [7, 11) is 0. The van der Waals surface area contributed by atoms with Crippen molar-refractivity contribution in [1.29, 1.82) is 0 Å². The molecule has 3 aromatic rings. The Morgan fingerprint density at radius 1 is 0.912 bits per heavy atom. The second-order valence-corrected chi connectivity index (χ2v) is 9.83. The fourth-order valence-electron chi connectivity index (χ4n) is 4.73. The molecule has 6 heteroatoms. The van der Waals surface area contributed by atoms with Gasteiger partial charge in [0.15, 0.2) is 0 Å². The minimum absolute atomic E-state index is 0.408. The summed E-state index contributed by atoms with van der Waals surface area (Å²) in [6.45, 7) is 16.2. The number of piperazine rings is 1. The van der Waals surface area contributed by atoms with Crippen LogP contribution in [0.3, 0.4) is 0 Å².